The molecule has 6 heteroatoms. The van der Waals surface area contributed by atoms with Gasteiger partial charge in [0.15, 0.2) is 5.78 Å². The molecule has 166 valence electrons. The standard InChI is InChI=1S/C27H22ClFN2O2/c1-16(32)31-24-5-3-2-4-22(24)30-23-14-19(17-6-10-20(28)11-7-17)15-25(33)26(23)27(31)18-8-12-21(29)13-9-18/h2-13,19,27,30H,14-15H2,1H3. The molecule has 0 bridgehead atoms. The van der Waals surface area contributed by atoms with Crippen molar-refractivity contribution in [1.82, 2.24) is 0 Å². The van der Waals surface area contributed by atoms with E-state index in [1.165, 1.54) is 19.1 Å². The van der Waals surface area contributed by atoms with Gasteiger partial charge in [-0.15, -0.1) is 0 Å². The molecule has 1 amide bonds. The molecule has 1 heterocycles. The van der Waals surface area contributed by atoms with Crippen LogP contribution in [0, 0.1) is 5.82 Å². The van der Waals surface area contributed by atoms with Gasteiger partial charge >= 0.3 is 0 Å². The van der Waals surface area contributed by atoms with E-state index in [-0.39, 0.29) is 23.4 Å². The number of para-hydroxylation sites is 2. The maximum Gasteiger partial charge on any atom is 0.224 e. The van der Waals surface area contributed by atoms with Gasteiger partial charge in [-0.3, -0.25) is 14.5 Å². The Labute approximate surface area is 196 Å². The van der Waals surface area contributed by atoms with Crippen LogP contribution in [0.3, 0.4) is 0 Å². The fourth-order valence-corrected chi connectivity index (χ4v) is 5.00. The Kier molecular flexibility index (Phi) is 5.51. The second kappa shape index (κ2) is 8.49. The van der Waals surface area contributed by atoms with Crippen LogP contribution < -0.4 is 10.2 Å². The molecule has 0 spiro atoms. The number of nitrogens with one attached hydrogen (secondary N) is 1. The summed E-state index contributed by atoms with van der Waals surface area (Å²) in [5.74, 6) is -0.602. The molecule has 5 rings (SSSR count). The zero-order chi connectivity index (χ0) is 23.1. The minimum atomic E-state index is -0.645. The summed E-state index contributed by atoms with van der Waals surface area (Å²) in [6.45, 7) is 1.49. The summed E-state index contributed by atoms with van der Waals surface area (Å²) >= 11 is 6.06. The molecule has 3 aromatic rings. The fourth-order valence-electron chi connectivity index (χ4n) is 4.87. The number of ketones is 1. The van der Waals surface area contributed by atoms with E-state index in [0.717, 1.165) is 16.9 Å². The molecule has 1 N–H and O–H groups in total. The first-order valence-corrected chi connectivity index (χ1v) is 11.2. The highest BCUT2D eigenvalue weighted by molar-refractivity contribution is 6.30. The maximum absolute atomic E-state index is 13.7. The Morgan fingerprint density at radius 1 is 0.970 bits per heavy atom. The summed E-state index contributed by atoms with van der Waals surface area (Å²) in [5.41, 5.74) is 4.52. The number of halogens is 2. The molecule has 2 aliphatic rings. The van der Waals surface area contributed by atoms with Gasteiger partial charge in [-0.1, -0.05) is 48.0 Å². The summed E-state index contributed by atoms with van der Waals surface area (Å²) in [5, 5.41) is 4.11. The Balaban J connectivity index is 1.69. The zero-order valence-corrected chi connectivity index (χ0v) is 18.8. The van der Waals surface area contributed by atoms with E-state index in [1.807, 2.05) is 48.5 Å². The van der Waals surface area contributed by atoms with Crippen LogP contribution in [0.15, 0.2) is 84.1 Å². The van der Waals surface area contributed by atoms with Gasteiger partial charge < -0.3 is 5.32 Å². The van der Waals surface area contributed by atoms with Gasteiger partial charge in [0.1, 0.15) is 5.82 Å². The number of allylic oxidation sites excluding steroid dienone is 1. The average Bonchev–Trinajstić information content (AvgIpc) is 2.94. The minimum absolute atomic E-state index is 0.00840. The number of amides is 1. The normalized spacial score (nSPS) is 20.0. The van der Waals surface area contributed by atoms with Gasteiger partial charge in [-0.05, 0) is 59.9 Å². The number of carbonyl (C=O) groups is 2. The molecule has 0 aromatic heterocycles. The van der Waals surface area contributed by atoms with Crippen LogP contribution in [0.2, 0.25) is 5.02 Å². The van der Waals surface area contributed by atoms with Crippen molar-refractivity contribution in [2.75, 3.05) is 10.2 Å². The number of nitrogens with zero attached hydrogens (tertiary/aromatic N) is 1. The Morgan fingerprint density at radius 3 is 2.33 bits per heavy atom. The molecule has 1 aliphatic heterocycles. The van der Waals surface area contributed by atoms with E-state index < -0.39 is 6.04 Å². The van der Waals surface area contributed by atoms with Crippen LogP contribution in [0.5, 0.6) is 0 Å². The van der Waals surface area contributed by atoms with Gasteiger partial charge in [0, 0.05) is 29.6 Å². The van der Waals surface area contributed by atoms with Crippen molar-refractivity contribution in [3.05, 3.63) is 106 Å². The van der Waals surface area contributed by atoms with E-state index in [4.69, 9.17) is 11.6 Å². The summed E-state index contributed by atoms with van der Waals surface area (Å²) < 4.78 is 13.7. The number of anilines is 2. The van der Waals surface area contributed by atoms with Crippen LogP contribution in [-0.2, 0) is 9.59 Å². The average molecular weight is 461 g/mol. The first-order chi connectivity index (χ1) is 15.9. The molecule has 2 unspecified atom stereocenters. The number of rotatable bonds is 2. The third-order valence-electron chi connectivity index (χ3n) is 6.36. The number of hydrogen-bond acceptors (Lipinski definition) is 3. The monoisotopic (exact) mass is 460 g/mol. The predicted molar refractivity (Wildman–Crippen MR) is 128 cm³/mol. The van der Waals surface area contributed by atoms with Crippen LogP contribution in [0.25, 0.3) is 0 Å². The lowest BCUT2D eigenvalue weighted by atomic mass is 9.78. The van der Waals surface area contributed by atoms with Crippen molar-refractivity contribution in [3.8, 4) is 0 Å². The van der Waals surface area contributed by atoms with E-state index >= 15 is 0 Å². The van der Waals surface area contributed by atoms with E-state index in [1.54, 1.807) is 17.0 Å². The SMILES string of the molecule is CC(=O)N1c2ccccc2NC2=C(C(=O)CC(c3ccc(Cl)cc3)C2)C1c1ccc(F)cc1. The molecule has 33 heavy (non-hydrogen) atoms. The second-order valence-corrected chi connectivity index (χ2v) is 8.89. The third-order valence-corrected chi connectivity index (χ3v) is 6.61. The van der Waals surface area contributed by atoms with Crippen molar-refractivity contribution in [3.63, 3.8) is 0 Å². The van der Waals surface area contributed by atoms with Crippen molar-refractivity contribution < 1.29 is 14.0 Å². The lowest BCUT2D eigenvalue weighted by Crippen LogP contribution is -2.37. The van der Waals surface area contributed by atoms with E-state index in [9.17, 15) is 14.0 Å². The smallest absolute Gasteiger partial charge is 0.224 e. The number of Topliss-reactive ketones (excluding diaryl/α,β-unsaturated/α-hetero) is 1. The van der Waals surface area contributed by atoms with E-state index in [0.29, 0.717) is 34.7 Å². The molecule has 3 aromatic carbocycles. The molecule has 1 aliphatic carbocycles. The largest absolute Gasteiger partial charge is 0.357 e. The molecule has 2 atom stereocenters. The summed E-state index contributed by atoms with van der Waals surface area (Å²) in [4.78, 5) is 28.2. The van der Waals surface area contributed by atoms with Gasteiger partial charge in [-0.2, -0.15) is 0 Å². The quantitative estimate of drug-likeness (QED) is 0.481. The molecular weight excluding hydrogens is 439 g/mol. The molecule has 0 saturated heterocycles. The van der Waals surface area contributed by atoms with Gasteiger partial charge in [-0.25, -0.2) is 4.39 Å². The Morgan fingerprint density at radius 2 is 1.64 bits per heavy atom. The fraction of sp³-hybridized carbons (Fsp3) is 0.185. The third kappa shape index (κ3) is 3.93. The highest BCUT2D eigenvalue weighted by atomic mass is 35.5. The van der Waals surface area contributed by atoms with Gasteiger partial charge in [0.05, 0.1) is 17.4 Å². The first kappa shape index (κ1) is 21.4. The molecule has 4 nitrogen and oxygen atoms in total. The molecule has 0 saturated carbocycles. The number of fused-ring (bicyclic) bond motifs is 1. The molecule has 0 fully saturated rings. The molecule has 0 radical (unpaired) electrons. The number of carbonyl (C=O) groups excluding carboxylic acids is 2. The van der Waals surface area contributed by atoms with Crippen LogP contribution in [0.4, 0.5) is 15.8 Å². The lowest BCUT2D eigenvalue weighted by Gasteiger charge is -2.34. The summed E-state index contributed by atoms with van der Waals surface area (Å²) in [6, 6.07) is 20.5. The van der Waals surface area contributed by atoms with Crippen molar-refractivity contribution in [1.29, 1.82) is 0 Å². The lowest BCUT2D eigenvalue weighted by molar-refractivity contribution is -0.117. The second-order valence-electron chi connectivity index (χ2n) is 8.46. The minimum Gasteiger partial charge on any atom is -0.357 e. The topological polar surface area (TPSA) is 49.4 Å². The summed E-state index contributed by atoms with van der Waals surface area (Å²) in [7, 11) is 0. The highest BCUT2D eigenvalue weighted by Gasteiger charge is 2.40. The highest BCUT2D eigenvalue weighted by Crippen LogP contribution is 2.47. The summed E-state index contributed by atoms with van der Waals surface area (Å²) in [6.07, 6.45) is 0.933. The molecular formula is C27H22ClFN2O2. The van der Waals surface area contributed by atoms with Crippen LogP contribution in [0.1, 0.15) is 42.9 Å². The first-order valence-electron chi connectivity index (χ1n) is 10.9. The van der Waals surface area contributed by atoms with Gasteiger partial charge in [0.25, 0.3) is 0 Å². The number of benzene rings is 3. The van der Waals surface area contributed by atoms with Crippen molar-refractivity contribution >= 4 is 34.7 Å². The van der Waals surface area contributed by atoms with Crippen molar-refractivity contribution in [2.45, 2.75) is 31.7 Å². The van der Waals surface area contributed by atoms with Crippen LogP contribution in [-0.4, -0.2) is 11.7 Å². The Bertz CT molecular complexity index is 1270. The number of hydrogen-bond donors (Lipinski definition) is 1. The zero-order valence-electron chi connectivity index (χ0n) is 18.0. The predicted octanol–water partition coefficient (Wildman–Crippen LogP) is 6.40. The van der Waals surface area contributed by atoms with Crippen LogP contribution >= 0.6 is 11.6 Å². The maximum atomic E-state index is 13.7. The van der Waals surface area contributed by atoms with E-state index in [2.05, 4.69) is 5.32 Å². The van der Waals surface area contributed by atoms with Crippen molar-refractivity contribution in [2.24, 2.45) is 0 Å². The Hall–Kier alpha value is -3.44. The van der Waals surface area contributed by atoms with Gasteiger partial charge in [0.2, 0.25) is 5.91 Å².